The molecule has 2 aliphatic heterocycles. The summed E-state index contributed by atoms with van der Waals surface area (Å²) in [4.78, 5) is 33.6. The molecule has 10 nitrogen and oxygen atoms in total. The highest BCUT2D eigenvalue weighted by molar-refractivity contribution is 6.31. The molecule has 0 aliphatic carbocycles. The fourth-order valence-electron chi connectivity index (χ4n) is 2.98. The second kappa shape index (κ2) is 7.13. The third-order valence-corrected chi connectivity index (χ3v) is 4.59. The number of carbonyl (C=O) groups excluding carboxylic acids is 2. The van der Waals surface area contributed by atoms with Gasteiger partial charge >= 0.3 is 0 Å². The van der Waals surface area contributed by atoms with Crippen LogP contribution >= 0.6 is 11.6 Å². The lowest BCUT2D eigenvalue weighted by Crippen LogP contribution is -2.35. The van der Waals surface area contributed by atoms with Crippen molar-refractivity contribution in [2.45, 2.75) is 6.92 Å². The molecule has 3 heterocycles. The number of nitrogens with zero attached hydrogens (tertiary/aromatic N) is 6. The van der Waals surface area contributed by atoms with E-state index in [0.29, 0.717) is 28.1 Å². The van der Waals surface area contributed by atoms with E-state index in [1.807, 2.05) is 0 Å². The maximum Gasteiger partial charge on any atom is 0.265 e. The van der Waals surface area contributed by atoms with Crippen molar-refractivity contribution in [2.24, 2.45) is 21.0 Å². The molecule has 0 radical (unpaired) electrons. The van der Waals surface area contributed by atoms with Crippen molar-refractivity contribution in [3.63, 3.8) is 0 Å². The number of amidine groups is 1. The second-order valence-electron chi connectivity index (χ2n) is 6.37. The van der Waals surface area contributed by atoms with Gasteiger partial charge in [0, 0.05) is 24.4 Å². The van der Waals surface area contributed by atoms with E-state index in [9.17, 15) is 9.59 Å². The summed E-state index contributed by atoms with van der Waals surface area (Å²) in [6.45, 7) is 1.75. The Hall–Kier alpha value is -3.53. The number of anilines is 1. The number of hydrogen-bond donors (Lipinski definition) is 1. The zero-order chi connectivity index (χ0) is 20.7. The predicted molar refractivity (Wildman–Crippen MR) is 108 cm³/mol. The summed E-state index contributed by atoms with van der Waals surface area (Å²) in [5.41, 5.74) is 0.856. The molecule has 0 saturated heterocycles. The normalized spacial score (nSPS) is 17.7. The van der Waals surface area contributed by atoms with Crippen LogP contribution in [0.5, 0.6) is 5.75 Å². The van der Waals surface area contributed by atoms with Gasteiger partial charge in [-0.2, -0.15) is 24.9 Å². The highest BCUT2D eigenvalue weighted by Crippen LogP contribution is 2.24. The van der Waals surface area contributed by atoms with Crippen LogP contribution in [0.15, 0.2) is 39.4 Å². The van der Waals surface area contributed by atoms with E-state index < -0.39 is 17.7 Å². The monoisotopic (exact) mass is 413 g/mol. The van der Waals surface area contributed by atoms with E-state index in [1.54, 1.807) is 32.2 Å². The van der Waals surface area contributed by atoms with E-state index in [-0.39, 0.29) is 11.5 Å². The number of methoxy groups -OCH3 is 1. The van der Waals surface area contributed by atoms with Gasteiger partial charge in [0.1, 0.15) is 23.3 Å². The van der Waals surface area contributed by atoms with Crippen LogP contribution < -0.4 is 10.1 Å². The summed E-state index contributed by atoms with van der Waals surface area (Å²) in [6.07, 6.45) is 1.49. The number of carbonyl (C=O) groups is 2. The third kappa shape index (κ3) is 3.38. The Morgan fingerprint density at radius 2 is 2.07 bits per heavy atom. The highest BCUT2D eigenvalue weighted by atomic mass is 35.5. The predicted octanol–water partition coefficient (Wildman–Crippen LogP) is 1.80. The first-order valence-electron chi connectivity index (χ1n) is 8.58. The average molecular weight is 414 g/mol. The van der Waals surface area contributed by atoms with Crippen LogP contribution in [0.1, 0.15) is 16.1 Å². The quantitative estimate of drug-likeness (QED) is 0.824. The van der Waals surface area contributed by atoms with Crippen LogP contribution in [0.4, 0.5) is 5.82 Å². The number of aryl methyl sites for hydroxylation is 1. The van der Waals surface area contributed by atoms with Crippen molar-refractivity contribution in [1.29, 1.82) is 0 Å². The lowest BCUT2D eigenvalue weighted by molar-refractivity contribution is -0.118. The minimum atomic E-state index is -0.603. The van der Waals surface area contributed by atoms with Gasteiger partial charge < -0.3 is 10.1 Å². The van der Waals surface area contributed by atoms with Gasteiger partial charge in [-0.3, -0.25) is 14.6 Å². The lowest BCUT2D eigenvalue weighted by atomic mass is 10.1. The molecule has 29 heavy (non-hydrogen) atoms. The SMILES string of the molecule is COc1ccc(Cl)cc1C(=O)Nc1cc(C)nn1C1=NC(=O)C2C=NN(C)C2=N1. The number of halogens is 1. The fourth-order valence-corrected chi connectivity index (χ4v) is 3.15. The molecule has 2 aromatic rings. The summed E-state index contributed by atoms with van der Waals surface area (Å²) in [7, 11) is 3.15. The van der Waals surface area contributed by atoms with Crippen molar-refractivity contribution in [3.05, 3.63) is 40.5 Å². The van der Waals surface area contributed by atoms with E-state index in [1.165, 1.54) is 29.1 Å². The molecule has 2 amide bonds. The smallest absolute Gasteiger partial charge is 0.265 e. The first-order chi connectivity index (χ1) is 13.9. The zero-order valence-electron chi connectivity index (χ0n) is 15.8. The van der Waals surface area contributed by atoms with Crippen LogP contribution in [0.25, 0.3) is 0 Å². The number of amides is 2. The van der Waals surface area contributed by atoms with Crippen LogP contribution in [-0.2, 0) is 4.79 Å². The van der Waals surface area contributed by atoms with E-state index in [0.717, 1.165) is 0 Å². The maximum atomic E-state index is 12.8. The fraction of sp³-hybridized carbons (Fsp3) is 0.222. The van der Waals surface area contributed by atoms with Gasteiger partial charge in [0.2, 0.25) is 0 Å². The van der Waals surface area contributed by atoms with Crippen LogP contribution in [-0.4, -0.2) is 58.8 Å². The van der Waals surface area contributed by atoms with Gasteiger partial charge in [-0.25, -0.2) is 0 Å². The highest BCUT2D eigenvalue weighted by Gasteiger charge is 2.35. The minimum Gasteiger partial charge on any atom is -0.496 e. The Morgan fingerprint density at radius 1 is 1.28 bits per heavy atom. The molecular weight excluding hydrogens is 398 g/mol. The van der Waals surface area contributed by atoms with Crippen molar-refractivity contribution < 1.29 is 14.3 Å². The molecule has 11 heteroatoms. The molecule has 1 atom stereocenters. The Labute approximate surface area is 170 Å². The van der Waals surface area contributed by atoms with Crippen LogP contribution in [0, 0.1) is 12.8 Å². The average Bonchev–Trinajstić information content (AvgIpc) is 3.24. The first-order valence-corrected chi connectivity index (χ1v) is 8.96. The van der Waals surface area contributed by atoms with Gasteiger partial charge in [0.05, 0.1) is 18.4 Å². The molecular formula is C18H16ClN7O3. The summed E-state index contributed by atoms with van der Waals surface area (Å²) in [6, 6.07) is 6.37. The Kier molecular flexibility index (Phi) is 4.63. The van der Waals surface area contributed by atoms with E-state index in [2.05, 4.69) is 25.5 Å². The zero-order valence-corrected chi connectivity index (χ0v) is 16.5. The number of ether oxygens (including phenoxy) is 1. The molecule has 148 valence electrons. The molecule has 0 saturated carbocycles. The van der Waals surface area contributed by atoms with E-state index in [4.69, 9.17) is 16.3 Å². The van der Waals surface area contributed by atoms with Gasteiger partial charge in [-0.05, 0) is 25.1 Å². The molecule has 0 bridgehead atoms. The van der Waals surface area contributed by atoms with E-state index >= 15 is 0 Å². The largest absolute Gasteiger partial charge is 0.496 e. The van der Waals surface area contributed by atoms with Crippen molar-refractivity contribution in [3.8, 4) is 5.75 Å². The topological polar surface area (TPSA) is 114 Å². The summed E-state index contributed by atoms with van der Waals surface area (Å²) < 4.78 is 6.54. The van der Waals surface area contributed by atoms with Gasteiger partial charge in [0.15, 0.2) is 0 Å². The molecule has 1 unspecified atom stereocenters. The van der Waals surface area contributed by atoms with Crippen LogP contribution in [0.2, 0.25) is 5.02 Å². The number of aliphatic imine (C=N–C) groups is 2. The maximum absolute atomic E-state index is 12.8. The number of hydrazone groups is 1. The van der Waals surface area contributed by atoms with Crippen molar-refractivity contribution in [2.75, 3.05) is 19.5 Å². The molecule has 1 aromatic carbocycles. The summed E-state index contributed by atoms with van der Waals surface area (Å²) >= 11 is 6.02. The molecule has 0 spiro atoms. The van der Waals surface area contributed by atoms with Crippen molar-refractivity contribution >= 4 is 47.2 Å². The van der Waals surface area contributed by atoms with Gasteiger partial charge in [0.25, 0.3) is 17.8 Å². The van der Waals surface area contributed by atoms with Gasteiger partial charge in [-0.15, -0.1) is 0 Å². The molecule has 4 rings (SSSR count). The van der Waals surface area contributed by atoms with Gasteiger partial charge in [-0.1, -0.05) is 11.6 Å². The third-order valence-electron chi connectivity index (χ3n) is 4.36. The number of rotatable bonds is 3. The standard InChI is InChI=1S/C18H16ClN7O3/c1-9-6-14(21-16(27)11-7-10(19)4-5-13(11)29-3)26(24-9)18-22-15-12(17(28)23-18)8-20-25(15)2/h4-8,12H,1-3H3,(H,21,27). The second-order valence-corrected chi connectivity index (χ2v) is 6.80. The first kappa shape index (κ1) is 18.8. The Balaban J connectivity index is 1.68. The Morgan fingerprint density at radius 3 is 2.83 bits per heavy atom. The lowest BCUT2D eigenvalue weighted by Gasteiger charge is -2.17. The van der Waals surface area contributed by atoms with Crippen LogP contribution in [0.3, 0.4) is 0 Å². The number of hydrogen-bond acceptors (Lipinski definition) is 7. The number of aromatic nitrogens is 2. The number of fused-ring (bicyclic) bond motifs is 1. The summed E-state index contributed by atoms with van der Waals surface area (Å²) in [5.74, 6) is -0.311. The number of benzene rings is 1. The Bertz CT molecular complexity index is 1120. The molecule has 0 fully saturated rings. The molecule has 1 N–H and O–H groups in total. The molecule has 1 aromatic heterocycles. The molecule has 2 aliphatic rings. The minimum absolute atomic E-state index is 0.0417. The van der Waals surface area contributed by atoms with Crippen molar-refractivity contribution in [1.82, 2.24) is 14.8 Å². The summed E-state index contributed by atoms with van der Waals surface area (Å²) in [5, 5.41) is 13.0. The number of nitrogens with one attached hydrogen (secondary N) is 1.